The molecule has 1 aromatic rings. The molecule has 0 aliphatic heterocycles. The van der Waals surface area contributed by atoms with E-state index in [-0.39, 0.29) is 11.1 Å². The molecule has 0 saturated carbocycles. The smallest absolute Gasteiger partial charge is 0.192 e. The Balaban J connectivity index is 2.58. The molecule has 0 saturated heterocycles. The fraction of sp³-hybridized carbons (Fsp3) is 0.571. The fourth-order valence-corrected chi connectivity index (χ4v) is 2.34. The van der Waals surface area contributed by atoms with Crippen molar-refractivity contribution in [2.45, 2.75) is 44.9 Å². The van der Waals surface area contributed by atoms with Gasteiger partial charge in [-0.3, -0.25) is 0 Å². The molecular formula is C14H25NOSi. The summed E-state index contributed by atoms with van der Waals surface area (Å²) in [7, 11) is -1.68. The van der Waals surface area contributed by atoms with Crippen LogP contribution in [0.5, 0.6) is 0 Å². The van der Waals surface area contributed by atoms with Gasteiger partial charge in [-0.05, 0) is 23.7 Å². The Labute approximate surface area is 106 Å². The minimum absolute atomic E-state index is 0.0228. The third-order valence-corrected chi connectivity index (χ3v) is 8.16. The van der Waals surface area contributed by atoms with E-state index in [9.17, 15) is 0 Å². The van der Waals surface area contributed by atoms with E-state index in [2.05, 4.69) is 46.0 Å². The average Bonchev–Trinajstić information content (AvgIpc) is 2.25. The fourth-order valence-electron chi connectivity index (χ4n) is 1.31. The van der Waals surface area contributed by atoms with Gasteiger partial charge < -0.3 is 10.2 Å². The van der Waals surface area contributed by atoms with Gasteiger partial charge in [0.05, 0.1) is 12.6 Å². The van der Waals surface area contributed by atoms with E-state index in [0.29, 0.717) is 6.61 Å². The predicted molar refractivity (Wildman–Crippen MR) is 76.5 cm³/mol. The van der Waals surface area contributed by atoms with E-state index in [0.717, 1.165) is 5.56 Å². The summed E-state index contributed by atoms with van der Waals surface area (Å²) in [6.07, 6.45) is 0. The maximum absolute atomic E-state index is 6.14. The molecule has 0 aliphatic carbocycles. The lowest BCUT2D eigenvalue weighted by atomic mass is 10.1. The van der Waals surface area contributed by atoms with Crippen molar-refractivity contribution in [1.29, 1.82) is 0 Å². The number of benzene rings is 1. The summed E-state index contributed by atoms with van der Waals surface area (Å²) in [4.78, 5) is 0. The number of rotatable bonds is 4. The molecule has 2 nitrogen and oxygen atoms in total. The molecule has 1 unspecified atom stereocenters. The normalized spacial score (nSPS) is 14.7. The van der Waals surface area contributed by atoms with Crippen LogP contribution in [0.3, 0.4) is 0 Å². The van der Waals surface area contributed by atoms with Crippen molar-refractivity contribution in [3.8, 4) is 0 Å². The van der Waals surface area contributed by atoms with Gasteiger partial charge in [-0.2, -0.15) is 0 Å². The zero-order valence-corrected chi connectivity index (χ0v) is 12.7. The molecule has 2 N–H and O–H groups in total. The van der Waals surface area contributed by atoms with Crippen LogP contribution in [-0.2, 0) is 4.43 Å². The topological polar surface area (TPSA) is 35.2 Å². The van der Waals surface area contributed by atoms with Gasteiger partial charge >= 0.3 is 0 Å². The van der Waals surface area contributed by atoms with Gasteiger partial charge in [0, 0.05) is 0 Å². The van der Waals surface area contributed by atoms with Crippen LogP contribution in [0.4, 0.5) is 0 Å². The van der Waals surface area contributed by atoms with E-state index >= 15 is 0 Å². The number of hydrogen-bond donors (Lipinski definition) is 1. The second kappa shape index (κ2) is 5.34. The zero-order valence-electron chi connectivity index (χ0n) is 11.7. The quantitative estimate of drug-likeness (QED) is 0.828. The molecule has 0 aliphatic rings. The van der Waals surface area contributed by atoms with Gasteiger partial charge in [-0.15, -0.1) is 0 Å². The SMILES string of the molecule is CC(C)(C)[Si](C)(C)OCC(N)c1ccccc1. The second-order valence-corrected chi connectivity index (χ2v) is 10.9. The minimum Gasteiger partial charge on any atom is -0.415 e. The summed E-state index contributed by atoms with van der Waals surface area (Å²) in [6.45, 7) is 11.9. The maximum atomic E-state index is 6.14. The Kier molecular flexibility index (Phi) is 4.53. The molecule has 0 fully saturated rings. The van der Waals surface area contributed by atoms with Crippen LogP contribution >= 0.6 is 0 Å². The first-order chi connectivity index (χ1) is 7.74. The minimum atomic E-state index is -1.68. The van der Waals surface area contributed by atoms with Crippen molar-refractivity contribution in [2.24, 2.45) is 5.73 Å². The predicted octanol–water partition coefficient (Wildman–Crippen LogP) is 3.71. The van der Waals surface area contributed by atoms with Crippen LogP contribution in [0, 0.1) is 0 Å². The zero-order chi connectivity index (χ0) is 13.1. The van der Waals surface area contributed by atoms with E-state index in [1.54, 1.807) is 0 Å². The highest BCUT2D eigenvalue weighted by atomic mass is 28.4. The first kappa shape index (κ1) is 14.4. The lowest BCUT2D eigenvalue weighted by Gasteiger charge is -2.37. The third-order valence-electron chi connectivity index (χ3n) is 3.66. The molecule has 1 rings (SSSR count). The van der Waals surface area contributed by atoms with Crippen molar-refractivity contribution < 1.29 is 4.43 Å². The van der Waals surface area contributed by atoms with Crippen LogP contribution in [0.1, 0.15) is 32.4 Å². The van der Waals surface area contributed by atoms with Gasteiger partial charge in [-0.25, -0.2) is 0 Å². The summed E-state index contributed by atoms with van der Waals surface area (Å²) < 4.78 is 6.12. The van der Waals surface area contributed by atoms with Crippen molar-refractivity contribution in [3.63, 3.8) is 0 Å². The van der Waals surface area contributed by atoms with Crippen LogP contribution in [-0.4, -0.2) is 14.9 Å². The molecule has 96 valence electrons. The molecule has 3 heteroatoms. The van der Waals surface area contributed by atoms with Crippen molar-refractivity contribution in [3.05, 3.63) is 35.9 Å². The summed E-state index contributed by atoms with van der Waals surface area (Å²) in [6, 6.07) is 10.1. The molecule has 17 heavy (non-hydrogen) atoms. The highest BCUT2D eigenvalue weighted by molar-refractivity contribution is 6.74. The molecule has 0 aromatic heterocycles. The standard InChI is InChI=1S/C14H25NOSi/c1-14(2,3)17(4,5)16-11-13(15)12-9-7-6-8-10-12/h6-10,13H,11,15H2,1-5H3. The average molecular weight is 251 g/mol. The molecule has 0 amide bonds. The van der Waals surface area contributed by atoms with Crippen molar-refractivity contribution in [1.82, 2.24) is 0 Å². The summed E-state index contributed by atoms with van der Waals surface area (Å²) in [5.74, 6) is 0. The largest absolute Gasteiger partial charge is 0.415 e. The Morgan fingerprint density at radius 2 is 1.71 bits per heavy atom. The van der Waals surface area contributed by atoms with Gasteiger partial charge in [0.2, 0.25) is 0 Å². The van der Waals surface area contributed by atoms with Gasteiger partial charge in [-0.1, -0.05) is 51.1 Å². The molecular weight excluding hydrogens is 226 g/mol. The van der Waals surface area contributed by atoms with Crippen LogP contribution in [0.25, 0.3) is 0 Å². The van der Waals surface area contributed by atoms with E-state index in [4.69, 9.17) is 10.2 Å². The van der Waals surface area contributed by atoms with Crippen molar-refractivity contribution >= 4 is 8.32 Å². The summed E-state index contributed by atoms with van der Waals surface area (Å²) in [5, 5.41) is 0.239. The highest BCUT2D eigenvalue weighted by Crippen LogP contribution is 2.36. The van der Waals surface area contributed by atoms with Gasteiger partial charge in [0.15, 0.2) is 8.32 Å². The molecule has 0 radical (unpaired) electrons. The van der Waals surface area contributed by atoms with E-state index in [1.807, 2.05) is 18.2 Å². The second-order valence-electron chi connectivity index (χ2n) is 6.09. The highest BCUT2D eigenvalue weighted by Gasteiger charge is 2.37. The number of hydrogen-bond acceptors (Lipinski definition) is 2. The Morgan fingerprint density at radius 1 is 1.18 bits per heavy atom. The van der Waals surface area contributed by atoms with Crippen LogP contribution in [0.2, 0.25) is 18.1 Å². The van der Waals surface area contributed by atoms with Crippen LogP contribution < -0.4 is 5.73 Å². The molecule has 1 atom stereocenters. The molecule has 0 heterocycles. The molecule has 1 aromatic carbocycles. The van der Waals surface area contributed by atoms with E-state index < -0.39 is 8.32 Å². The summed E-state index contributed by atoms with van der Waals surface area (Å²) in [5.41, 5.74) is 7.29. The van der Waals surface area contributed by atoms with Gasteiger partial charge in [0.25, 0.3) is 0 Å². The van der Waals surface area contributed by atoms with Gasteiger partial charge in [0.1, 0.15) is 0 Å². The Bertz CT molecular complexity index is 343. The first-order valence-corrected chi connectivity index (χ1v) is 9.09. The lowest BCUT2D eigenvalue weighted by molar-refractivity contribution is 0.264. The third kappa shape index (κ3) is 3.94. The molecule has 0 bridgehead atoms. The monoisotopic (exact) mass is 251 g/mol. The van der Waals surface area contributed by atoms with E-state index in [1.165, 1.54) is 0 Å². The van der Waals surface area contributed by atoms with Crippen LogP contribution in [0.15, 0.2) is 30.3 Å². The summed E-state index contributed by atoms with van der Waals surface area (Å²) >= 11 is 0. The lowest BCUT2D eigenvalue weighted by Crippen LogP contribution is -2.42. The Hall–Kier alpha value is -0.643. The maximum Gasteiger partial charge on any atom is 0.192 e. The van der Waals surface area contributed by atoms with Crippen molar-refractivity contribution in [2.75, 3.05) is 6.61 Å². The number of nitrogens with two attached hydrogens (primary N) is 1. The Morgan fingerprint density at radius 3 is 2.18 bits per heavy atom. The molecule has 0 spiro atoms. The first-order valence-electron chi connectivity index (χ1n) is 6.18.